The number of carboxylic acids is 1. The van der Waals surface area contributed by atoms with Gasteiger partial charge in [-0.3, -0.25) is 9.59 Å². The molecule has 110 valence electrons. The maximum Gasteiger partial charge on any atom is 0.336 e. The van der Waals surface area contributed by atoms with Crippen molar-refractivity contribution in [1.82, 2.24) is 0 Å². The predicted octanol–water partition coefficient (Wildman–Crippen LogP) is 2.30. The number of hydrogen-bond acceptors (Lipinski definition) is 3. The summed E-state index contributed by atoms with van der Waals surface area (Å²) >= 11 is 0. The minimum Gasteiger partial charge on any atom is -0.478 e. The molecule has 0 aromatic heterocycles. The van der Waals surface area contributed by atoms with Crippen LogP contribution >= 0.6 is 0 Å². The summed E-state index contributed by atoms with van der Waals surface area (Å²) in [6.45, 7) is 0. The lowest BCUT2D eigenvalue weighted by Crippen LogP contribution is -2.10. The third-order valence-corrected chi connectivity index (χ3v) is 3.62. The number of ketones is 1. The minimum atomic E-state index is -1.12. The first-order chi connectivity index (χ1) is 10.5. The van der Waals surface area contributed by atoms with Crippen molar-refractivity contribution < 1.29 is 19.5 Å². The molecule has 1 amide bonds. The van der Waals surface area contributed by atoms with Gasteiger partial charge in [0.25, 0.3) is 0 Å². The second-order valence-corrected chi connectivity index (χ2v) is 5.17. The van der Waals surface area contributed by atoms with E-state index >= 15 is 0 Å². The van der Waals surface area contributed by atoms with Crippen LogP contribution in [0, 0.1) is 0 Å². The van der Waals surface area contributed by atoms with Crippen molar-refractivity contribution in [1.29, 1.82) is 0 Å². The molecule has 0 fully saturated rings. The normalized spacial score (nSPS) is 12.6. The number of carboxylic acid groups (broad SMARTS) is 1. The number of fused-ring (bicyclic) bond motifs is 1. The topological polar surface area (TPSA) is 83.5 Å². The zero-order valence-electron chi connectivity index (χ0n) is 11.6. The summed E-state index contributed by atoms with van der Waals surface area (Å²) in [7, 11) is 0. The zero-order valence-corrected chi connectivity index (χ0v) is 11.6. The molecule has 1 aliphatic rings. The van der Waals surface area contributed by atoms with Gasteiger partial charge in [0, 0.05) is 17.7 Å². The molecular formula is C17H13NO4. The maximum absolute atomic E-state index is 12.4. The highest BCUT2D eigenvalue weighted by Gasteiger charge is 2.19. The highest BCUT2D eigenvalue weighted by atomic mass is 16.4. The SMILES string of the molecule is O=C1Cc2cc(CC(=O)c3ccccc3C(=O)O)ccc2N1. The van der Waals surface area contributed by atoms with Gasteiger partial charge in [0.1, 0.15) is 0 Å². The third-order valence-electron chi connectivity index (χ3n) is 3.62. The van der Waals surface area contributed by atoms with E-state index in [2.05, 4.69) is 5.32 Å². The molecular weight excluding hydrogens is 282 g/mol. The van der Waals surface area contributed by atoms with Gasteiger partial charge in [0.2, 0.25) is 5.91 Å². The summed E-state index contributed by atoms with van der Waals surface area (Å²) in [4.78, 5) is 34.9. The van der Waals surface area contributed by atoms with Crippen molar-refractivity contribution in [3.05, 3.63) is 64.7 Å². The number of anilines is 1. The fourth-order valence-corrected chi connectivity index (χ4v) is 2.59. The van der Waals surface area contributed by atoms with E-state index in [0.717, 1.165) is 16.8 Å². The van der Waals surface area contributed by atoms with E-state index < -0.39 is 5.97 Å². The predicted molar refractivity (Wildman–Crippen MR) is 80.2 cm³/mol. The Hall–Kier alpha value is -2.95. The number of carbonyl (C=O) groups is 3. The van der Waals surface area contributed by atoms with Crippen LogP contribution in [0.3, 0.4) is 0 Å². The number of rotatable bonds is 4. The monoisotopic (exact) mass is 295 g/mol. The van der Waals surface area contributed by atoms with Crippen LogP contribution in [0.2, 0.25) is 0 Å². The molecule has 0 unspecified atom stereocenters. The van der Waals surface area contributed by atoms with Crippen molar-refractivity contribution in [2.24, 2.45) is 0 Å². The second-order valence-electron chi connectivity index (χ2n) is 5.17. The van der Waals surface area contributed by atoms with Crippen molar-refractivity contribution in [3.63, 3.8) is 0 Å². The number of carbonyl (C=O) groups excluding carboxylic acids is 2. The smallest absolute Gasteiger partial charge is 0.336 e. The van der Waals surface area contributed by atoms with Gasteiger partial charge in [0.05, 0.1) is 12.0 Å². The van der Waals surface area contributed by atoms with Crippen LogP contribution in [0.25, 0.3) is 0 Å². The van der Waals surface area contributed by atoms with Crippen molar-refractivity contribution in [2.75, 3.05) is 5.32 Å². The molecule has 3 rings (SSSR count). The van der Waals surface area contributed by atoms with Crippen molar-refractivity contribution >= 4 is 23.3 Å². The summed E-state index contributed by atoms with van der Waals surface area (Å²) in [5.41, 5.74) is 2.60. The summed E-state index contributed by atoms with van der Waals surface area (Å²) in [6.07, 6.45) is 0.412. The first kappa shape index (κ1) is 14.0. The van der Waals surface area contributed by atoms with E-state index in [4.69, 9.17) is 5.11 Å². The summed E-state index contributed by atoms with van der Waals surface area (Å²) in [6, 6.07) is 11.5. The fourth-order valence-electron chi connectivity index (χ4n) is 2.59. The van der Waals surface area contributed by atoms with Gasteiger partial charge in [0.15, 0.2) is 5.78 Å². The number of nitrogens with one attached hydrogen (secondary N) is 1. The Morgan fingerprint density at radius 3 is 2.55 bits per heavy atom. The highest BCUT2D eigenvalue weighted by Crippen LogP contribution is 2.24. The van der Waals surface area contributed by atoms with Gasteiger partial charge in [-0.1, -0.05) is 30.3 Å². The Morgan fingerprint density at radius 2 is 1.82 bits per heavy atom. The van der Waals surface area contributed by atoms with Crippen LogP contribution in [0.5, 0.6) is 0 Å². The van der Waals surface area contributed by atoms with E-state index in [-0.39, 0.29) is 29.2 Å². The molecule has 0 atom stereocenters. The zero-order chi connectivity index (χ0) is 15.7. The number of Topliss-reactive ketones (excluding diaryl/α,β-unsaturated/α-hetero) is 1. The molecule has 5 nitrogen and oxygen atoms in total. The molecule has 22 heavy (non-hydrogen) atoms. The molecule has 1 heterocycles. The molecule has 2 N–H and O–H groups in total. The molecule has 2 aromatic rings. The minimum absolute atomic E-state index is 0.00510. The Kier molecular flexibility index (Phi) is 3.47. The molecule has 0 spiro atoms. The van der Waals surface area contributed by atoms with Crippen LogP contribution in [-0.2, 0) is 17.6 Å². The molecule has 0 radical (unpaired) electrons. The molecule has 0 saturated carbocycles. The van der Waals surface area contributed by atoms with Crippen molar-refractivity contribution in [2.45, 2.75) is 12.8 Å². The summed E-state index contributed by atoms with van der Waals surface area (Å²) < 4.78 is 0. The first-order valence-corrected chi connectivity index (χ1v) is 6.82. The molecule has 0 bridgehead atoms. The largest absolute Gasteiger partial charge is 0.478 e. The number of amides is 1. The molecule has 0 saturated heterocycles. The van der Waals surface area contributed by atoms with Crippen LogP contribution < -0.4 is 5.32 Å². The van der Waals surface area contributed by atoms with Crippen LogP contribution in [0.4, 0.5) is 5.69 Å². The van der Waals surface area contributed by atoms with E-state index in [1.807, 2.05) is 6.07 Å². The van der Waals surface area contributed by atoms with Gasteiger partial charge in [-0.05, 0) is 23.3 Å². The average Bonchev–Trinajstić information content (AvgIpc) is 2.86. The highest BCUT2D eigenvalue weighted by molar-refractivity contribution is 6.06. The number of benzene rings is 2. The van der Waals surface area contributed by atoms with Crippen LogP contribution in [0.15, 0.2) is 42.5 Å². The quantitative estimate of drug-likeness (QED) is 0.848. The van der Waals surface area contributed by atoms with E-state index in [1.165, 1.54) is 12.1 Å². The lowest BCUT2D eigenvalue weighted by molar-refractivity contribution is -0.115. The lowest BCUT2D eigenvalue weighted by atomic mass is 9.97. The van der Waals surface area contributed by atoms with Crippen LogP contribution in [0.1, 0.15) is 31.8 Å². The number of hydrogen-bond donors (Lipinski definition) is 2. The molecule has 0 aliphatic carbocycles. The first-order valence-electron chi connectivity index (χ1n) is 6.82. The van der Waals surface area contributed by atoms with Gasteiger partial charge in [-0.2, -0.15) is 0 Å². The van der Waals surface area contributed by atoms with Gasteiger partial charge < -0.3 is 10.4 Å². The molecule has 5 heteroatoms. The third kappa shape index (κ3) is 2.61. The Bertz CT molecular complexity index is 795. The Labute approximate surface area is 126 Å². The molecule has 2 aromatic carbocycles. The van der Waals surface area contributed by atoms with Gasteiger partial charge in [-0.15, -0.1) is 0 Å². The summed E-state index contributed by atoms with van der Waals surface area (Å²) in [5.74, 6) is -1.43. The fraction of sp³-hybridized carbons (Fsp3) is 0.118. The Balaban J connectivity index is 1.85. The van der Waals surface area contributed by atoms with E-state index in [0.29, 0.717) is 6.42 Å². The standard InChI is InChI=1S/C17H13NO4/c19-15(12-3-1-2-4-13(12)17(21)22)8-10-5-6-14-11(7-10)9-16(20)18-14/h1-7H,8-9H2,(H,18,20)(H,21,22). The van der Waals surface area contributed by atoms with Crippen LogP contribution in [-0.4, -0.2) is 22.8 Å². The second kappa shape index (κ2) is 5.44. The maximum atomic E-state index is 12.4. The number of aromatic carboxylic acids is 1. The summed E-state index contributed by atoms with van der Waals surface area (Å²) in [5, 5.41) is 11.9. The van der Waals surface area contributed by atoms with Gasteiger partial charge in [-0.25, -0.2) is 4.79 Å². The average molecular weight is 295 g/mol. The molecule has 1 aliphatic heterocycles. The lowest BCUT2D eigenvalue weighted by Gasteiger charge is -2.06. The van der Waals surface area contributed by atoms with E-state index in [1.54, 1.807) is 24.3 Å². The van der Waals surface area contributed by atoms with E-state index in [9.17, 15) is 14.4 Å². The van der Waals surface area contributed by atoms with Crippen molar-refractivity contribution in [3.8, 4) is 0 Å². The van der Waals surface area contributed by atoms with Gasteiger partial charge >= 0.3 is 5.97 Å². The Morgan fingerprint density at radius 1 is 1.09 bits per heavy atom.